The van der Waals surface area contributed by atoms with Crippen molar-refractivity contribution in [3.63, 3.8) is 0 Å². The Morgan fingerprint density at radius 1 is 1.27 bits per heavy atom. The van der Waals surface area contributed by atoms with E-state index >= 15 is 0 Å². The van der Waals surface area contributed by atoms with E-state index in [2.05, 4.69) is 27.8 Å². The largest absolute Gasteiger partial charge is 0.491 e. The van der Waals surface area contributed by atoms with Gasteiger partial charge in [0.05, 0.1) is 30.9 Å². The van der Waals surface area contributed by atoms with Gasteiger partial charge in [0.1, 0.15) is 18.6 Å². The molecule has 0 saturated carbocycles. The van der Waals surface area contributed by atoms with E-state index in [0.717, 1.165) is 12.8 Å². The van der Waals surface area contributed by atoms with Gasteiger partial charge in [0, 0.05) is 18.7 Å². The fourth-order valence-electron chi connectivity index (χ4n) is 2.50. The summed E-state index contributed by atoms with van der Waals surface area (Å²) in [7, 11) is 3.04. The highest BCUT2D eigenvalue weighted by molar-refractivity contribution is 9.10. The van der Waals surface area contributed by atoms with Gasteiger partial charge in [-0.3, -0.25) is 4.98 Å². The van der Waals surface area contributed by atoms with Crippen LogP contribution >= 0.6 is 15.9 Å². The quantitative estimate of drug-likeness (QED) is 0.385. The normalized spacial score (nSPS) is 14.2. The average molecular weight is 436 g/mol. The number of aliphatic hydroxyl groups excluding tert-OH is 2. The van der Waals surface area contributed by atoms with Crippen LogP contribution in [0, 0.1) is 5.41 Å². The highest BCUT2D eigenvalue weighted by atomic mass is 79.9. The summed E-state index contributed by atoms with van der Waals surface area (Å²) in [6.45, 7) is 5.80. The van der Waals surface area contributed by atoms with Crippen molar-refractivity contribution >= 4 is 15.9 Å². The summed E-state index contributed by atoms with van der Waals surface area (Å²) in [5.74, 6) is 0.959. The maximum Gasteiger partial charge on any atom is 0.186 e. The lowest BCUT2D eigenvalue weighted by Gasteiger charge is -2.37. The predicted octanol–water partition coefficient (Wildman–Crippen LogP) is 3.07. The molecule has 1 aromatic rings. The molecule has 2 N–H and O–H groups in total. The summed E-state index contributed by atoms with van der Waals surface area (Å²) in [6, 6.07) is 0. The molecule has 0 bridgehead atoms. The predicted molar refractivity (Wildman–Crippen MR) is 101 cm³/mol. The van der Waals surface area contributed by atoms with Gasteiger partial charge < -0.3 is 29.2 Å². The molecule has 0 aromatic carbocycles. The molecule has 2 atom stereocenters. The molecule has 150 valence electrons. The average Bonchev–Trinajstić information content (AvgIpc) is 2.63. The number of aromatic nitrogens is 1. The van der Waals surface area contributed by atoms with Crippen molar-refractivity contribution in [2.24, 2.45) is 5.41 Å². The van der Waals surface area contributed by atoms with Crippen molar-refractivity contribution in [3.05, 3.63) is 16.4 Å². The lowest BCUT2D eigenvalue weighted by molar-refractivity contribution is -0.150. The Labute approximate surface area is 163 Å². The van der Waals surface area contributed by atoms with Crippen LogP contribution in [0.5, 0.6) is 11.5 Å². The Morgan fingerprint density at radius 2 is 1.96 bits per heavy atom. The van der Waals surface area contributed by atoms with Crippen LogP contribution in [0.4, 0.5) is 0 Å². The summed E-state index contributed by atoms with van der Waals surface area (Å²) in [4.78, 5) is 4.45. The Kier molecular flexibility index (Phi) is 9.81. The minimum Gasteiger partial charge on any atom is -0.491 e. The summed E-state index contributed by atoms with van der Waals surface area (Å²) in [6.07, 6.45) is 1.81. The van der Waals surface area contributed by atoms with E-state index in [9.17, 15) is 10.2 Å². The van der Waals surface area contributed by atoms with E-state index in [0.29, 0.717) is 28.3 Å². The van der Waals surface area contributed by atoms with E-state index < -0.39 is 24.2 Å². The van der Waals surface area contributed by atoms with Crippen molar-refractivity contribution in [2.75, 3.05) is 34.2 Å². The van der Waals surface area contributed by atoms with Gasteiger partial charge in [0.25, 0.3) is 0 Å². The van der Waals surface area contributed by atoms with Gasteiger partial charge in [-0.25, -0.2) is 0 Å². The number of unbranched alkanes of at least 4 members (excludes halogenated alkanes) is 1. The maximum atomic E-state index is 10.3. The van der Waals surface area contributed by atoms with Crippen molar-refractivity contribution in [1.82, 2.24) is 4.98 Å². The Bertz CT molecular complexity index is 555. The van der Waals surface area contributed by atoms with E-state index in [1.165, 1.54) is 14.2 Å². The molecule has 8 heteroatoms. The van der Waals surface area contributed by atoms with Crippen LogP contribution < -0.4 is 9.47 Å². The molecule has 0 aliphatic carbocycles. The fourth-order valence-corrected chi connectivity index (χ4v) is 2.89. The van der Waals surface area contributed by atoms with Crippen molar-refractivity contribution in [2.45, 2.75) is 45.8 Å². The minimum absolute atomic E-state index is 0.000825. The summed E-state index contributed by atoms with van der Waals surface area (Å²) < 4.78 is 23.0. The zero-order valence-corrected chi connectivity index (χ0v) is 17.7. The Morgan fingerprint density at radius 3 is 2.50 bits per heavy atom. The third-order valence-electron chi connectivity index (χ3n) is 4.23. The van der Waals surface area contributed by atoms with Gasteiger partial charge >= 0.3 is 0 Å². The number of hydrogen-bond acceptors (Lipinski definition) is 7. The van der Waals surface area contributed by atoms with Crippen LogP contribution in [0.15, 0.2) is 10.7 Å². The molecule has 2 unspecified atom stereocenters. The van der Waals surface area contributed by atoms with Crippen molar-refractivity contribution in [1.29, 1.82) is 0 Å². The number of halogens is 1. The second kappa shape index (κ2) is 11.0. The first-order chi connectivity index (χ1) is 12.3. The van der Waals surface area contributed by atoms with Crippen LogP contribution in [0.3, 0.4) is 0 Å². The standard InChI is InChI=1S/C18H30BrNO6/c1-6-7-8-25-15-12(19)9-20-14(16(15)24-5)17(26-11-23-4)18(2,3)13(22)10-21/h9,13,17,21-22H,6-8,10-11H2,1-5H3. The van der Waals surface area contributed by atoms with Gasteiger partial charge in [0.15, 0.2) is 11.5 Å². The Balaban J connectivity index is 3.38. The molecule has 0 saturated heterocycles. The first-order valence-corrected chi connectivity index (χ1v) is 9.38. The van der Waals surface area contributed by atoms with E-state index in [4.69, 9.17) is 18.9 Å². The molecule has 0 amide bonds. The van der Waals surface area contributed by atoms with Gasteiger partial charge in [0.2, 0.25) is 0 Å². The minimum atomic E-state index is -1.02. The van der Waals surface area contributed by atoms with Crippen LogP contribution in [0.2, 0.25) is 0 Å². The second-order valence-corrected chi connectivity index (χ2v) is 7.38. The topological polar surface area (TPSA) is 90.3 Å². The van der Waals surface area contributed by atoms with Crippen LogP contribution in [0.25, 0.3) is 0 Å². The smallest absolute Gasteiger partial charge is 0.186 e. The molecule has 0 spiro atoms. The lowest BCUT2D eigenvalue weighted by Crippen LogP contribution is -2.39. The highest BCUT2D eigenvalue weighted by Gasteiger charge is 2.41. The van der Waals surface area contributed by atoms with Crippen LogP contribution in [-0.4, -0.2) is 55.5 Å². The number of aliphatic hydroxyl groups is 2. The zero-order valence-electron chi connectivity index (χ0n) is 16.1. The van der Waals surface area contributed by atoms with Gasteiger partial charge in [-0.1, -0.05) is 27.2 Å². The molecule has 0 aliphatic rings. The van der Waals surface area contributed by atoms with Gasteiger partial charge in [-0.15, -0.1) is 0 Å². The first kappa shape index (κ1) is 23.1. The van der Waals surface area contributed by atoms with Crippen LogP contribution in [-0.2, 0) is 9.47 Å². The van der Waals surface area contributed by atoms with Gasteiger partial charge in [-0.2, -0.15) is 0 Å². The SMILES string of the molecule is CCCCOc1c(Br)cnc(C(OCOC)C(C)(C)C(O)CO)c1OC. The van der Waals surface area contributed by atoms with Crippen LogP contribution in [0.1, 0.15) is 45.4 Å². The van der Waals surface area contributed by atoms with Crippen molar-refractivity contribution < 1.29 is 29.2 Å². The molecule has 1 rings (SSSR count). The number of methoxy groups -OCH3 is 2. The van der Waals surface area contributed by atoms with E-state index in [1.807, 2.05) is 0 Å². The van der Waals surface area contributed by atoms with E-state index in [-0.39, 0.29) is 6.79 Å². The number of pyridine rings is 1. The number of ether oxygens (including phenoxy) is 4. The summed E-state index contributed by atoms with van der Waals surface area (Å²) in [5.41, 5.74) is -0.390. The fraction of sp³-hybridized carbons (Fsp3) is 0.722. The first-order valence-electron chi connectivity index (χ1n) is 8.59. The highest BCUT2D eigenvalue weighted by Crippen LogP contribution is 2.46. The molecule has 1 aromatic heterocycles. The zero-order chi connectivity index (χ0) is 19.7. The molecular formula is C18H30BrNO6. The van der Waals surface area contributed by atoms with E-state index in [1.54, 1.807) is 20.0 Å². The summed E-state index contributed by atoms with van der Waals surface area (Å²) in [5, 5.41) is 19.7. The van der Waals surface area contributed by atoms with Gasteiger partial charge in [-0.05, 0) is 22.4 Å². The number of rotatable bonds is 12. The molecule has 0 aliphatic heterocycles. The number of nitrogens with zero attached hydrogens (tertiary/aromatic N) is 1. The Hall–Kier alpha value is -0.930. The molecule has 26 heavy (non-hydrogen) atoms. The maximum absolute atomic E-state index is 10.3. The number of hydrogen-bond donors (Lipinski definition) is 2. The van der Waals surface area contributed by atoms with Crippen molar-refractivity contribution in [3.8, 4) is 11.5 Å². The second-order valence-electron chi connectivity index (χ2n) is 6.53. The molecule has 0 fully saturated rings. The molecule has 0 radical (unpaired) electrons. The molecule has 1 heterocycles. The lowest BCUT2D eigenvalue weighted by atomic mass is 9.79. The molecule has 7 nitrogen and oxygen atoms in total. The third kappa shape index (κ3) is 5.53. The monoisotopic (exact) mass is 435 g/mol. The third-order valence-corrected chi connectivity index (χ3v) is 4.79. The summed E-state index contributed by atoms with van der Waals surface area (Å²) >= 11 is 3.45. The molecular weight excluding hydrogens is 406 g/mol.